The predicted molar refractivity (Wildman–Crippen MR) is 87.5 cm³/mol. The van der Waals surface area contributed by atoms with Crippen molar-refractivity contribution >= 4 is 12.4 Å². The minimum atomic E-state index is 0. The first-order valence-electron chi connectivity index (χ1n) is 6.87. The second kappa shape index (κ2) is 8.98. The van der Waals surface area contributed by atoms with Gasteiger partial charge in [-0.1, -0.05) is 11.6 Å². The molecule has 125 valence electrons. The van der Waals surface area contributed by atoms with Crippen molar-refractivity contribution in [3.05, 3.63) is 53.1 Å². The zero-order chi connectivity index (χ0) is 15.9. The molecule has 0 aromatic heterocycles. The first-order chi connectivity index (χ1) is 10.6. The van der Waals surface area contributed by atoms with Gasteiger partial charge in [-0.15, -0.1) is 0 Å². The van der Waals surface area contributed by atoms with Crippen LogP contribution in [0.25, 0.3) is 0 Å². The van der Waals surface area contributed by atoms with Crippen LogP contribution in [0.15, 0.2) is 46.4 Å². The minimum Gasteiger partial charge on any atom is -0.508 e. The van der Waals surface area contributed by atoms with Gasteiger partial charge in [0.2, 0.25) is 0 Å². The molecule has 1 radical (unpaired) electrons. The van der Waals surface area contributed by atoms with Gasteiger partial charge < -0.3 is 15.3 Å². The van der Waals surface area contributed by atoms with Crippen LogP contribution in [-0.2, 0) is 17.1 Å². The molecule has 0 spiro atoms. The Morgan fingerprint density at radius 3 is 1.96 bits per heavy atom. The number of phenolic OH excluding ortho intramolecular Hbond substituents is 3. The summed E-state index contributed by atoms with van der Waals surface area (Å²) in [5.74, 6) is 0.337. The molecule has 0 saturated heterocycles. The van der Waals surface area contributed by atoms with Crippen LogP contribution in [0.1, 0.15) is 16.7 Å². The van der Waals surface area contributed by atoms with E-state index in [9.17, 15) is 15.3 Å². The van der Waals surface area contributed by atoms with E-state index in [2.05, 4.69) is 9.98 Å². The van der Waals surface area contributed by atoms with Gasteiger partial charge in [0, 0.05) is 40.6 Å². The molecule has 2 aromatic carbocycles. The second-order valence-corrected chi connectivity index (χ2v) is 4.88. The SMILES string of the molecule is Cc1ccc(O)c(C=NCCN=Cc2cc(O)ccc2O)c1.[Cu]. The number of benzene rings is 2. The largest absolute Gasteiger partial charge is 0.508 e. The van der Waals surface area contributed by atoms with E-state index >= 15 is 0 Å². The maximum absolute atomic E-state index is 9.67. The van der Waals surface area contributed by atoms with Gasteiger partial charge in [-0.05, 0) is 37.3 Å². The van der Waals surface area contributed by atoms with Crippen LogP contribution in [0.3, 0.4) is 0 Å². The topological polar surface area (TPSA) is 85.4 Å². The van der Waals surface area contributed by atoms with E-state index in [-0.39, 0.29) is 34.3 Å². The summed E-state index contributed by atoms with van der Waals surface area (Å²) >= 11 is 0. The van der Waals surface area contributed by atoms with Crippen molar-refractivity contribution in [1.82, 2.24) is 0 Å². The number of nitrogens with zero attached hydrogens (tertiary/aromatic N) is 2. The van der Waals surface area contributed by atoms with Gasteiger partial charge in [-0.25, -0.2) is 0 Å². The summed E-state index contributed by atoms with van der Waals surface area (Å²) in [6, 6.07) is 9.58. The van der Waals surface area contributed by atoms with E-state index in [0.29, 0.717) is 24.2 Å². The molecule has 2 rings (SSSR count). The smallest absolute Gasteiger partial charge is 0.124 e. The molecular weight excluding hydrogens is 344 g/mol. The van der Waals surface area contributed by atoms with Crippen molar-refractivity contribution in [2.75, 3.05) is 13.1 Å². The van der Waals surface area contributed by atoms with E-state index in [0.717, 1.165) is 5.56 Å². The summed E-state index contributed by atoms with van der Waals surface area (Å²) in [6.45, 7) is 2.85. The van der Waals surface area contributed by atoms with E-state index in [1.54, 1.807) is 12.3 Å². The molecule has 0 atom stereocenters. The summed E-state index contributed by atoms with van der Waals surface area (Å²) in [5, 5.41) is 28.6. The molecule has 23 heavy (non-hydrogen) atoms. The fraction of sp³-hybridized carbons (Fsp3) is 0.176. The number of hydrogen-bond acceptors (Lipinski definition) is 5. The molecule has 0 unspecified atom stereocenters. The third-order valence-electron chi connectivity index (χ3n) is 3.01. The Bertz CT molecular complexity index is 653. The molecule has 5 nitrogen and oxygen atoms in total. The molecule has 0 bridgehead atoms. The van der Waals surface area contributed by atoms with E-state index in [1.165, 1.54) is 24.4 Å². The Kier molecular flexibility index (Phi) is 7.32. The Hall–Kier alpha value is -2.30. The number of aryl methyl sites for hydroxylation is 1. The van der Waals surface area contributed by atoms with E-state index < -0.39 is 0 Å². The maximum Gasteiger partial charge on any atom is 0.124 e. The maximum atomic E-state index is 9.67. The summed E-state index contributed by atoms with van der Waals surface area (Å²) in [7, 11) is 0. The zero-order valence-electron chi connectivity index (χ0n) is 12.6. The molecule has 0 aliphatic heterocycles. The van der Waals surface area contributed by atoms with Crippen LogP contribution < -0.4 is 0 Å². The summed E-state index contributed by atoms with van der Waals surface area (Å²) < 4.78 is 0. The molecule has 0 saturated carbocycles. The van der Waals surface area contributed by atoms with Crippen molar-refractivity contribution < 1.29 is 32.4 Å². The minimum absolute atomic E-state index is 0. The number of aromatic hydroxyl groups is 3. The van der Waals surface area contributed by atoms with E-state index in [4.69, 9.17) is 0 Å². The number of hydrogen-bond donors (Lipinski definition) is 3. The molecular formula is C17H18CuN2O3. The van der Waals surface area contributed by atoms with Crippen molar-refractivity contribution in [3.8, 4) is 17.2 Å². The van der Waals surface area contributed by atoms with Crippen LogP contribution in [0.2, 0.25) is 0 Å². The summed E-state index contributed by atoms with van der Waals surface area (Å²) in [5.41, 5.74) is 2.19. The number of phenols is 3. The van der Waals surface area contributed by atoms with Gasteiger partial charge in [-0.3, -0.25) is 9.98 Å². The molecule has 0 aliphatic rings. The Labute approximate surface area is 145 Å². The molecule has 0 heterocycles. The fourth-order valence-electron chi connectivity index (χ4n) is 1.86. The van der Waals surface area contributed by atoms with Gasteiger partial charge in [0.25, 0.3) is 0 Å². The first-order valence-corrected chi connectivity index (χ1v) is 6.87. The average molecular weight is 362 g/mol. The predicted octanol–water partition coefficient (Wildman–Crippen LogP) is 2.65. The van der Waals surface area contributed by atoms with Crippen LogP contribution in [-0.4, -0.2) is 40.8 Å². The third-order valence-corrected chi connectivity index (χ3v) is 3.01. The molecule has 6 heteroatoms. The normalized spacial score (nSPS) is 11.0. The number of rotatable bonds is 5. The first kappa shape index (κ1) is 18.7. The fourth-order valence-corrected chi connectivity index (χ4v) is 1.86. The van der Waals surface area contributed by atoms with E-state index in [1.807, 2.05) is 19.1 Å². The molecule has 0 fully saturated rings. The third kappa shape index (κ3) is 5.77. The Morgan fingerprint density at radius 1 is 0.826 bits per heavy atom. The van der Waals surface area contributed by atoms with Crippen LogP contribution >= 0.6 is 0 Å². The molecule has 2 aromatic rings. The van der Waals surface area contributed by atoms with Gasteiger partial charge in [0.1, 0.15) is 17.2 Å². The van der Waals surface area contributed by atoms with Gasteiger partial charge in [0.05, 0.1) is 13.1 Å². The van der Waals surface area contributed by atoms with Crippen LogP contribution in [0, 0.1) is 6.92 Å². The monoisotopic (exact) mass is 361 g/mol. The van der Waals surface area contributed by atoms with Crippen molar-refractivity contribution in [1.29, 1.82) is 0 Å². The quantitative estimate of drug-likeness (QED) is 0.331. The average Bonchev–Trinajstić information content (AvgIpc) is 2.49. The molecule has 0 aliphatic carbocycles. The van der Waals surface area contributed by atoms with Crippen molar-refractivity contribution in [2.24, 2.45) is 9.98 Å². The van der Waals surface area contributed by atoms with Crippen LogP contribution in [0.5, 0.6) is 17.2 Å². The van der Waals surface area contributed by atoms with Crippen molar-refractivity contribution in [3.63, 3.8) is 0 Å². The molecule has 0 amide bonds. The number of aliphatic imine (C=N–C) groups is 2. The Morgan fingerprint density at radius 2 is 1.35 bits per heavy atom. The van der Waals surface area contributed by atoms with Gasteiger partial charge in [0.15, 0.2) is 0 Å². The second-order valence-electron chi connectivity index (χ2n) is 4.88. The standard InChI is InChI=1S/C17H18N2O3.Cu/c1-12-2-4-16(21)13(8-12)10-18-6-7-19-11-14-9-15(20)3-5-17(14)22;/h2-5,8-11,20-22H,6-7H2,1H3;. The summed E-state index contributed by atoms with van der Waals surface area (Å²) in [6.07, 6.45) is 3.11. The van der Waals surface area contributed by atoms with Gasteiger partial charge >= 0.3 is 0 Å². The molecule has 3 N–H and O–H groups in total. The van der Waals surface area contributed by atoms with Crippen molar-refractivity contribution in [2.45, 2.75) is 6.92 Å². The zero-order valence-corrected chi connectivity index (χ0v) is 13.5. The Balaban J connectivity index is 0.00000264. The van der Waals surface area contributed by atoms with Gasteiger partial charge in [-0.2, -0.15) is 0 Å². The summed E-state index contributed by atoms with van der Waals surface area (Å²) in [4.78, 5) is 8.35. The van der Waals surface area contributed by atoms with Crippen LogP contribution in [0.4, 0.5) is 0 Å².